The predicted molar refractivity (Wildman–Crippen MR) is 116 cm³/mol. The van der Waals surface area contributed by atoms with E-state index >= 15 is 0 Å². The van der Waals surface area contributed by atoms with Crippen molar-refractivity contribution < 1.29 is 4.79 Å². The van der Waals surface area contributed by atoms with Gasteiger partial charge < -0.3 is 9.88 Å². The molecule has 0 atom stereocenters. The van der Waals surface area contributed by atoms with Gasteiger partial charge in [0.25, 0.3) is 5.91 Å². The van der Waals surface area contributed by atoms with Crippen molar-refractivity contribution in [3.05, 3.63) is 112 Å². The summed E-state index contributed by atoms with van der Waals surface area (Å²) >= 11 is 0. The number of hydrogen-bond donors (Lipinski definition) is 1. The van der Waals surface area contributed by atoms with Gasteiger partial charge >= 0.3 is 0 Å². The summed E-state index contributed by atoms with van der Waals surface area (Å²) in [6.45, 7) is 2.33. The Morgan fingerprint density at radius 2 is 1.70 bits per heavy atom. The van der Waals surface area contributed by atoms with Gasteiger partial charge in [-0.2, -0.15) is 0 Å². The highest BCUT2D eigenvalue weighted by atomic mass is 16.2. The van der Waals surface area contributed by atoms with Crippen molar-refractivity contribution in [1.29, 1.82) is 0 Å². The number of hydrogen-bond acceptors (Lipinski definition) is 4. The Hall–Kier alpha value is -4.06. The topological polar surface area (TPSA) is 76.9 Å². The maximum absolute atomic E-state index is 13.2. The quantitative estimate of drug-likeness (QED) is 0.555. The summed E-state index contributed by atoms with van der Waals surface area (Å²) in [5, 5.41) is 2.83. The van der Waals surface area contributed by atoms with Crippen LogP contribution in [0.3, 0.4) is 0 Å². The van der Waals surface area contributed by atoms with Crippen molar-refractivity contribution >= 4 is 11.6 Å². The first-order valence-corrected chi connectivity index (χ1v) is 9.54. The highest BCUT2D eigenvalue weighted by Gasteiger charge is 2.22. The fourth-order valence-corrected chi connectivity index (χ4v) is 3.35. The van der Waals surface area contributed by atoms with Crippen LogP contribution in [0.4, 0.5) is 5.69 Å². The summed E-state index contributed by atoms with van der Waals surface area (Å²) < 4.78 is 1.94. The third kappa shape index (κ3) is 4.03. The molecule has 6 nitrogen and oxygen atoms in total. The average molecular weight is 396 g/mol. The van der Waals surface area contributed by atoms with E-state index in [1.165, 1.54) is 6.07 Å². The molecule has 148 valence electrons. The van der Waals surface area contributed by atoms with Gasteiger partial charge in [-0.25, -0.2) is 0 Å². The first-order chi connectivity index (χ1) is 14.6. The molecule has 0 saturated heterocycles. The number of nitrogens with one attached hydrogen (secondary N) is 1. The van der Waals surface area contributed by atoms with Crippen LogP contribution in [-0.4, -0.2) is 20.4 Å². The minimum absolute atomic E-state index is 0.0669. The van der Waals surface area contributed by atoms with Gasteiger partial charge in [-0.05, 0) is 48.9 Å². The van der Waals surface area contributed by atoms with E-state index in [1.54, 1.807) is 42.9 Å². The van der Waals surface area contributed by atoms with Crippen molar-refractivity contribution in [3.8, 4) is 11.4 Å². The van der Waals surface area contributed by atoms with Crippen LogP contribution in [0.1, 0.15) is 21.6 Å². The molecule has 1 N–H and O–H groups in total. The molecule has 4 aromatic rings. The molecule has 0 saturated carbocycles. The van der Waals surface area contributed by atoms with Gasteiger partial charge in [0.2, 0.25) is 0 Å². The van der Waals surface area contributed by atoms with E-state index in [9.17, 15) is 9.59 Å². The van der Waals surface area contributed by atoms with Crippen molar-refractivity contribution in [2.75, 3.05) is 5.32 Å². The Morgan fingerprint density at radius 3 is 2.40 bits per heavy atom. The fraction of sp³-hybridized carbons (Fsp3) is 0.0833. The lowest BCUT2D eigenvalue weighted by Crippen LogP contribution is -2.27. The Kier molecular flexibility index (Phi) is 5.48. The summed E-state index contributed by atoms with van der Waals surface area (Å²) in [5.74, 6) is -0.463. The van der Waals surface area contributed by atoms with Crippen molar-refractivity contribution in [2.24, 2.45) is 0 Å². The first kappa shape index (κ1) is 19.3. The van der Waals surface area contributed by atoms with E-state index in [2.05, 4.69) is 15.3 Å². The second-order valence-corrected chi connectivity index (χ2v) is 6.85. The number of benzene rings is 1. The zero-order valence-electron chi connectivity index (χ0n) is 16.4. The molecule has 3 aromatic heterocycles. The highest BCUT2D eigenvalue weighted by Crippen LogP contribution is 2.23. The van der Waals surface area contributed by atoms with Gasteiger partial charge in [-0.3, -0.25) is 19.6 Å². The van der Waals surface area contributed by atoms with Crippen LogP contribution in [0.15, 0.2) is 90.1 Å². The predicted octanol–water partition coefficient (Wildman–Crippen LogP) is 3.91. The molecule has 0 fully saturated rings. The first-order valence-electron chi connectivity index (χ1n) is 9.54. The highest BCUT2D eigenvalue weighted by molar-refractivity contribution is 6.07. The maximum atomic E-state index is 13.2. The van der Waals surface area contributed by atoms with Gasteiger partial charge in [-0.15, -0.1) is 0 Å². The standard InChI is InChI=1S/C24H20N4O2/c1-17-15-21(29)22(24(30)27-19-7-3-2-4-8-19)23(20-9-5-6-12-26-20)28(17)16-18-10-13-25-14-11-18/h2-15H,16H2,1H3,(H,27,30). The lowest BCUT2D eigenvalue weighted by Gasteiger charge is -2.20. The molecule has 0 spiro atoms. The lowest BCUT2D eigenvalue weighted by atomic mass is 10.1. The van der Waals surface area contributed by atoms with E-state index in [-0.39, 0.29) is 11.0 Å². The Balaban J connectivity index is 1.89. The molecule has 0 unspecified atom stereocenters. The van der Waals surface area contributed by atoms with Gasteiger partial charge in [0, 0.05) is 42.6 Å². The van der Waals surface area contributed by atoms with E-state index < -0.39 is 5.91 Å². The number of aromatic nitrogens is 3. The SMILES string of the molecule is Cc1cc(=O)c(C(=O)Nc2ccccc2)c(-c2ccccn2)n1Cc1ccncc1. The van der Waals surface area contributed by atoms with Gasteiger partial charge in [-0.1, -0.05) is 24.3 Å². The molecule has 6 heteroatoms. The molecule has 1 amide bonds. The van der Waals surface area contributed by atoms with Crippen LogP contribution in [-0.2, 0) is 6.54 Å². The molecule has 0 aliphatic heterocycles. The lowest BCUT2D eigenvalue weighted by molar-refractivity contribution is 0.102. The number of pyridine rings is 3. The Bertz CT molecular complexity index is 1220. The van der Waals surface area contributed by atoms with Crippen LogP contribution in [0.25, 0.3) is 11.4 Å². The largest absolute Gasteiger partial charge is 0.338 e. The fourth-order valence-electron chi connectivity index (χ4n) is 3.35. The molecule has 0 radical (unpaired) electrons. The number of amides is 1. The van der Waals surface area contributed by atoms with Crippen molar-refractivity contribution in [3.63, 3.8) is 0 Å². The Morgan fingerprint density at radius 1 is 0.967 bits per heavy atom. The minimum Gasteiger partial charge on any atom is -0.338 e. The monoisotopic (exact) mass is 396 g/mol. The smallest absolute Gasteiger partial charge is 0.261 e. The molecule has 0 aliphatic rings. The van der Waals surface area contributed by atoms with Gasteiger partial charge in [0.05, 0.1) is 11.4 Å². The van der Waals surface area contributed by atoms with E-state index in [0.29, 0.717) is 23.6 Å². The molecule has 30 heavy (non-hydrogen) atoms. The number of carbonyl (C=O) groups is 1. The number of rotatable bonds is 5. The summed E-state index contributed by atoms with van der Waals surface area (Å²) in [4.78, 5) is 34.6. The average Bonchev–Trinajstić information content (AvgIpc) is 2.77. The van der Waals surface area contributed by atoms with E-state index in [4.69, 9.17) is 0 Å². The molecule has 0 bridgehead atoms. The van der Waals surface area contributed by atoms with Gasteiger partial charge in [0.1, 0.15) is 5.56 Å². The normalized spacial score (nSPS) is 10.6. The van der Waals surface area contributed by atoms with Crippen LogP contribution in [0.5, 0.6) is 0 Å². The molecule has 3 heterocycles. The van der Waals surface area contributed by atoms with Crippen LogP contribution < -0.4 is 10.7 Å². The third-order valence-corrected chi connectivity index (χ3v) is 4.78. The number of aryl methyl sites for hydroxylation is 1. The van der Waals surface area contributed by atoms with E-state index in [1.807, 2.05) is 47.9 Å². The molecule has 4 rings (SSSR count). The Labute approximate surface area is 173 Å². The number of anilines is 1. The summed E-state index contributed by atoms with van der Waals surface area (Å²) in [7, 11) is 0. The number of para-hydroxylation sites is 1. The van der Waals surface area contributed by atoms with E-state index in [0.717, 1.165) is 11.3 Å². The number of carbonyl (C=O) groups excluding carboxylic acids is 1. The van der Waals surface area contributed by atoms with Crippen molar-refractivity contribution in [1.82, 2.24) is 14.5 Å². The summed E-state index contributed by atoms with van der Waals surface area (Å²) in [5.41, 5.74) is 3.15. The summed E-state index contributed by atoms with van der Waals surface area (Å²) in [6.07, 6.45) is 5.09. The third-order valence-electron chi connectivity index (χ3n) is 4.78. The second-order valence-electron chi connectivity index (χ2n) is 6.85. The second kappa shape index (κ2) is 8.53. The maximum Gasteiger partial charge on any atom is 0.261 e. The zero-order valence-corrected chi connectivity index (χ0v) is 16.4. The van der Waals surface area contributed by atoms with Gasteiger partial charge in [0.15, 0.2) is 5.43 Å². The molecule has 1 aromatic carbocycles. The summed E-state index contributed by atoms with van der Waals surface area (Å²) in [6, 6.07) is 19.8. The molecule has 0 aliphatic carbocycles. The van der Waals surface area contributed by atoms with Crippen molar-refractivity contribution in [2.45, 2.75) is 13.5 Å². The van der Waals surface area contributed by atoms with Crippen LogP contribution >= 0.6 is 0 Å². The molecular weight excluding hydrogens is 376 g/mol. The molecular formula is C24H20N4O2. The van der Waals surface area contributed by atoms with Crippen LogP contribution in [0, 0.1) is 6.92 Å². The number of nitrogens with zero attached hydrogens (tertiary/aromatic N) is 3. The minimum atomic E-state index is -0.463. The van der Waals surface area contributed by atoms with Crippen LogP contribution in [0.2, 0.25) is 0 Å². The zero-order chi connectivity index (χ0) is 20.9.